The van der Waals surface area contributed by atoms with E-state index in [4.69, 9.17) is 5.73 Å². The monoisotopic (exact) mass is 190 g/mol. The summed E-state index contributed by atoms with van der Waals surface area (Å²) in [5.41, 5.74) is 8.19. The van der Waals surface area contributed by atoms with Crippen molar-refractivity contribution in [2.75, 3.05) is 11.4 Å². The van der Waals surface area contributed by atoms with Crippen molar-refractivity contribution in [3.05, 3.63) is 23.8 Å². The molecule has 2 atom stereocenters. The van der Waals surface area contributed by atoms with Gasteiger partial charge in [-0.1, -0.05) is 12.1 Å². The van der Waals surface area contributed by atoms with Crippen LogP contribution in [-0.2, 0) is 6.42 Å². The van der Waals surface area contributed by atoms with Gasteiger partial charge in [0.2, 0.25) is 0 Å². The Labute approximate surface area is 83.1 Å². The molecule has 14 heavy (non-hydrogen) atoms. The fourth-order valence-electron chi connectivity index (χ4n) is 2.75. The maximum absolute atomic E-state index is 9.78. The van der Waals surface area contributed by atoms with E-state index in [0.29, 0.717) is 11.8 Å². The Bertz CT molecular complexity index is 378. The third kappa shape index (κ3) is 0.960. The summed E-state index contributed by atoms with van der Waals surface area (Å²) in [6.45, 7) is 0.884. The number of nitrogens with zero attached hydrogens (tertiary/aromatic N) is 1. The summed E-state index contributed by atoms with van der Waals surface area (Å²) >= 11 is 0. The van der Waals surface area contributed by atoms with Crippen LogP contribution in [0.25, 0.3) is 0 Å². The number of nitrogens with two attached hydrogens (primary N) is 1. The fourth-order valence-corrected chi connectivity index (χ4v) is 2.75. The summed E-state index contributed by atoms with van der Waals surface area (Å²) < 4.78 is 0. The van der Waals surface area contributed by atoms with Crippen LogP contribution in [0.2, 0.25) is 0 Å². The van der Waals surface area contributed by atoms with Gasteiger partial charge in [-0.15, -0.1) is 0 Å². The van der Waals surface area contributed by atoms with Crippen molar-refractivity contribution >= 4 is 5.69 Å². The number of hydrogen-bond acceptors (Lipinski definition) is 3. The maximum Gasteiger partial charge on any atom is 0.139 e. The van der Waals surface area contributed by atoms with Crippen molar-refractivity contribution in [1.82, 2.24) is 0 Å². The number of benzene rings is 1. The van der Waals surface area contributed by atoms with Gasteiger partial charge in [-0.05, 0) is 24.5 Å². The molecule has 0 radical (unpaired) electrons. The fraction of sp³-hybridized carbons (Fsp3) is 0.455. The average Bonchev–Trinajstić information content (AvgIpc) is 2.60. The topological polar surface area (TPSA) is 49.5 Å². The molecule has 0 spiro atoms. The van der Waals surface area contributed by atoms with Gasteiger partial charge >= 0.3 is 0 Å². The summed E-state index contributed by atoms with van der Waals surface area (Å²) in [7, 11) is 0. The Morgan fingerprint density at radius 2 is 2.29 bits per heavy atom. The minimum atomic E-state index is 0.271. The number of phenols is 1. The number of phenolic OH excluding ortho intramolecular Hbond substituents is 1. The van der Waals surface area contributed by atoms with Crippen molar-refractivity contribution < 1.29 is 5.11 Å². The Hall–Kier alpha value is -1.22. The zero-order valence-corrected chi connectivity index (χ0v) is 7.98. The van der Waals surface area contributed by atoms with Crippen molar-refractivity contribution in [2.24, 2.45) is 5.73 Å². The summed E-state index contributed by atoms with van der Waals surface area (Å²) in [5.74, 6) is 0.402. The number of para-hydroxylation sites is 1. The molecule has 2 unspecified atom stereocenters. The quantitative estimate of drug-likeness (QED) is 0.637. The van der Waals surface area contributed by atoms with Gasteiger partial charge in [0, 0.05) is 18.6 Å². The van der Waals surface area contributed by atoms with E-state index in [9.17, 15) is 5.11 Å². The maximum atomic E-state index is 9.78. The number of aromatic hydroxyl groups is 1. The molecule has 1 aromatic carbocycles. The molecule has 74 valence electrons. The Morgan fingerprint density at radius 3 is 3.14 bits per heavy atom. The first-order chi connectivity index (χ1) is 6.75. The molecule has 3 rings (SSSR count). The van der Waals surface area contributed by atoms with Crippen LogP contribution in [0.1, 0.15) is 12.0 Å². The van der Waals surface area contributed by atoms with Crippen LogP contribution in [0.15, 0.2) is 18.2 Å². The highest BCUT2D eigenvalue weighted by atomic mass is 16.3. The standard InChI is InChI=1S/C11H14N2O/c12-8-5-9-4-7-2-1-3-10(14)11(7)13(9)6-8/h1-3,8-9,14H,4-6,12H2. The first-order valence-corrected chi connectivity index (χ1v) is 5.09. The van der Waals surface area contributed by atoms with E-state index in [1.54, 1.807) is 6.07 Å². The summed E-state index contributed by atoms with van der Waals surface area (Å²) in [4.78, 5) is 2.26. The predicted octanol–water partition coefficient (Wildman–Crippen LogP) is 0.854. The van der Waals surface area contributed by atoms with Gasteiger partial charge in [-0.25, -0.2) is 0 Å². The molecule has 0 amide bonds. The lowest BCUT2D eigenvalue weighted by molar-refractivity contribution is 0.475. The van der Waals surface area contributed by atoms with Gasteiger partial charge in [-0.3, -0.25) is 0 Å². The molecule has 3 N–H and O–H groups in total. The van der Waals surface area contributed by atoms with Crippen LogP contribution in [-0.4, -0.2) is 23.7 Å². The molecule has 2 aliphatic heterocycles. The lowest BCUT2D eigenvalue weighted by atomic mass is 10.1. The minimum Gasteiger partial charge on any atom is -0.506 e. The summed E-state index contributed by atoms with van der Waals surface area (Å²) in [6, 6.07) is 6.56. The third-order valence-electron chi connectivity index (χ3n) is 3.29. The molecule has 2 aliphatic rings. The predicted molar refractivity (Wildman–Crippen MR) is 55.5 cm³/mol. The zero-order valence-electron chi connectivity index (χ0n) is 7.98. The first-order valence-electron chi connectivity index (χ1n) is 5.09. The second kappa shape index (κ2) is 2.64. The molecule has 1 saturated heterocycles. The van der Waals surface area contributed by atoms with E-state index < -0.39 is 0 Å². The summed E-state index contributed by atoms with van der Waals surface area (Å²) in [5, 5.41) is 9.78. The second-order valence-corrected chi connectivity index (χ2v) is 4.29. The highest BCUT2D eigenvalue weighted by Crippen LogP contribution is 2.42. The SMILES string of the molecule is NC1CC2Cc3cccc(O)c3N2C1. The van der Waals surface area contributed by atoms with Gasteiger partial charge < -0.3 is 15.7 Å². The molecular formula is C11H14N2O. The van der Waals surface area contributed by atoms with Crippen LogP contribution in [0, 0.1) is 0 Å². The highest BCUT2D eigenvalue weighted by molar-refractivity contribution is 5.68. The van der Waals surface area contributed by atoms with E-state index in [0.717, 1.165) is 25.1 Å². The molecule has 1 aromatic rings. The molecule has 0 saturated carbocycles. The number of anilines is 1. The van der Waals surface area contributed by atoms with Crippen LogP contribution in [0.3, 0.4) is 0 Å². The minimum absolute atomic E-state index is 0.271. The molecule has 3 nitrogen and oxygen atoms in total. The molecule has 0 bridgehead atoms. The Morgan fingerprint density at radius 1 is 1.43 bits per heavy atom. The molecule has 0 aromatic heterocycles. The molecular weight excluding hydrogens is 176 g/mol. The van der Waals surface area contributed by atoms with Crippen molar-refractivity contribution in [3.8, 4) is 5.75 Å². The summed E-state index contributed by atoms with van der Waals surface area (Å²) in [6.07, 6.45) is 2.09. The number of fused-ring (bicyclic) bond motifs is 3. The first kappa shape index (κ1) is 8.12. The normalized spacial score (nSPS) is 29.1. The van der Waals surface area contributed by atoms with E-state index >= 15 is 0 Å². The van der Waals surface area contributed by atoms with Gasteiger partial charge in [-0.2, -0.15) is 0 Å². The molecule has 0 aliphatic carbocycles. The molecule has 2 heterocycles. The lowest BCUT2D eigenvalue weighted by Gasteiger charge is -2.19. The van der Waals surface area contributed by atoms with E-state index in [1.165, 1.54) is 5.56 Å². The van der Waals surface area contributed by atoms with Gasteiger partial charge in [0.05, 0.1) is 5.69 Å². The van der Waals surface area contributed by atoms with Crippen LogP contribution in [0.5, 0.6) is 5.75 Å². The van der Waals surface area contributed by atoms with Crippen molar-refractivity contribution in [2.45, 2.75) is 24.9 Å². The van der Waals surface area contributed by atoms with Crippen molar-refractivity contribution in [1.29, 1.82) is 0 Å². The van der Waals surface area contributed by atoms with Crippen LogP contribution < -0.4 is 10.6 Å². The van der Waals surface area contributed by atoms with E-state index in [2.05, 4.69) is 11.0 Å². The Kier molecular flexibility index (Phi) is 1.53. The van der Waals surface area contributed by atoms with Crippen LogP contribution >= 0.6 is 0 Å². The molecule has 1 fully saturated rings. The smallest absolute Gasteiger partial charge is 0.139 e. The third-order valence-corrected chi connectivity index (χ3v) is 3.29. The average molecular weight is 190 g/mol. The van der Waals surface area contributed by atoms with E-state index in [-0.39, 0.29) is 6.04 Å². The highest BCUT2D eigenvalue weighted by Gasteiger charge is 2.37. The van der Waals surface area contributed by atoms with Gasteiger partial charge in [0.1, 0.15) is 5.75 Å². The lowest BCUT2D eigenvalue weighted by Crippen LogP contribution is -2.27. The van der Waals surface area contributed by atoms with Gasteiger partial charge in [0.15, 0.2) is 0 Å². The zero-order chi connectivity index (χ0) is 9.71. The second-order valence-electron chi connectivity index (χ2n) is 4.29. The largest absolute Gasteiger partial charge is 0.506 e. The Balaban J connectivity index is 2.07. The van der Waals surface area contributed by atoms with Crippen LogP contribution in [0.4, 0.5) is 5.69 Å². The molecule has 3 heteroatoms. The number of rotatable bonds is 0. The van der Waals surface area contributed by atoms with E-state index in [1.807, 2.05) is 6.07 Å². The van der Waals surface area contributed by atoms with Gasteiger partial charge in [0.25, 0.3) is 0 Å². The van der Waals surface area contributed by atoms with Crippen molar-refractivity contribution in [3.63, 3.8) is 0 Å². The number of hydrogen-bond donors (Lipinski definition) is 2.